The Morgan fingerprint density at radius 2 is 1.81 bits per heavy atom. The maximum absolute atomic E-state index is 11.9. The molecule has 5 nitrogen and oxygen atoms in total. The maximum atomic E-state index is 11.9. The average Bonchev–Trinajstić information content (AvgIpc) is 2.78. The monoisotopic (exact) mass is 225 g/mol. The number of hydrogen-bond donors (Lipinski definition) is 1. The summed E-state index contributed by atoms with van der Waals surface area (Å²) in [4.78, 5) is 27.4. The van der Waals surface area contributed by atoms with Crippen molar-refractivity contribution in [1.29, 1.82) is 0 Å². The van der Waals surface area contributed by atoms with E-state index in [9.17, 15) is 9.59 Å². The molecule has 0 aromatic carbocycles. The first-order valence-corrected chi connectivity index (χ1v) is 5.96. The molecule has 5 heteroatoms. The first-order valence-electron chi connectivity index (χ1n) is 5.96. The van der Waals surface area contributed by atoms with Crippen molar-refractivity contribution in [3.05, 3.63) is 0 Å². The van der Waals surface area contributed by atoms with E-state index in [-0.39, 0.29) is 23.7 Å². The Hall–Kier alpha value is -0.940. The van der Waals surface area contributed by atoms with Gasteiger partial charge in [-0.1, -0.05) is 0 Å². The maximum Gasteiger partial charge on any atom is 0.234 e. The molecule has 2 saturated heterocycles. The van der Waals surface area contributed by atoms with E-state index in [0.717, 1.165) is 26.1 Å². The molecule has 0 spiro atoms. The minimum Gasteiger partial charge on any atom is -0.330 e. The van der Waals surface area contributed by atoms with Gasteiger partial charge in [-0.25, -0.2) is 0 Å². The largest absolute Gasteiger partial charge is 0.330 e. The second-order valence-electron chi connectivity index (χ2n) is 4.54. The summed E-state index contributed by atoms with van der Waals surface area (Å²) in [5, 5.41) is 0. The number of rotatable bonds is 4. The van der Waals surface area contributed by atoms with Crippen molar-refractivity contribution in [3.63, 3.8) is 0 Å². The smallest absolute Gasteiger partial charge is 0.234 e. The van der Waals surface area contributed by atoms with Crippen molar-refractivity contribution in [2.24, 2.45) is 17.6 Å². The van der Waals surface area contributed by atoms with E-state index in [1.54, 1.807) is 0 Å². The molecule has 0 saturated carbocycles. The third-order valence-electron chi connectivity index (χ3n) is 3.56. The van der Waals surface area contributed by atoms with Crippen LogP contribution in [0.5, 0.6) is 0 Å². The van der Waals surface area contributed by atoms with Gasteiger partial charge in [0.2, 0.25) is 11.8 Å². The molecule has 0 aliphatic carbocycles. The van der Waals surface area contributed by atoms with Crippen LogP contribution in [0.1, 0.15) is 13.3 Å². The van der Waals surface area contributed by atoms with Gasteiger partial charge in [0.25, 0.3) is 0 Å². The van der Waals surface area contributed by atoms with Gasteiger partial charge < -0.3 is 10.6 Å². The lowest BCUT2D eigenvalue weighted by Crippen LogP contribution is -2.36. The zero-order valence-electron chi connectivity index (χ0n) is 9.69. The number of imide groups is 1. The van der Waals surface area contributed by atoms with Gasteiger partial charge in [0.15, 0.2) is 0 Å². The van der Waals surface area contributed by atoms with Crippen molar-refractivity contribution >= 4 is 11.8 Å². The van der Waals surface area contributed by atoms with E-state index in [1.165, 1.54) is 4.90 Å². The molecule has 2 fully saturated rings. The Balaban J connectivity index is 1.99. The Morgan fingerprint density at radius 1 is 1.25 bits per heavy atom. The van der Waals surface area contributed by atoms with E-state index < -0.39 is 0 Å². The van der Waals surface area contributed by atoms with Crippen LogP contribution in [0.3, 0.4) is 0 Å². The van der Waals surface area contributed by atoms with Crippen LogP contribution in [0.15, 0.2) is 0 Å². The minimum absolute atomic E-state index is 0.0211. The quantitative estimate of drug-likeness (QED) is 0.641. The summed E-state index contributed by atoms with van der Waals surface area (Å²) in [6.45, 7) is 5.37. The third-order valence-corrected chi connectivity index (χ3v) is 3.56. The molecule has 2 N–H and O–H groups in total. The van der Waals surface area contributed by atoms with Gasteiger partial charge in [-0.15, -0.1) is 0 Å². The van der Waals surface area contributed by atoms with Crippen LogP contribution >= 0.6 is 0 Å². The molecule has 2 atom stereocenters. The highest BCUT2D eigenvalue weighted by Crippen LogP contribution is 2.32. The van der Waals surface area contributed by atoms with E-state index in [4.69, 9.17) is 5.73 Å². The average molecular weight is 225 g/mol. The van der Waals surface area contributed by atoms with Gasteiger partial charge in [-0.3, -0.25) is 14.5 Å². The SMILES string of the molecule is CCN1C(=O)[C@H]2CN(CCCN)C[C@H]2C1=O. The molecule has 0 aromatic heterocycles. The number of nitrogens with two attached hydrogens (primary N) is 1. The Morgan fingerprint density at radius 3 is 2.25 bits per heavy atom. The highest BCUT2D eigenvalue weighted by atomic mass is 16.2. The fourth-order valence-corrected chi connectivity index (χ4v) is 2.70. The molecule has 0 unspecified atom stereocenters. The third kappa shape index (κ3) is 1.74. The molecule has 90 valence electrons. The zero-order valence-corrected chi connectivity index (χ0v) is 9.69. The molecule has 2 rings (SSSR count). The van der Waals surface area contributed by atoms with Gasteiger partial charge in [0.05, 0.1) is 11.8 Å². The number of amides is 2. The molecule has 0 bridgehead atoms. The Labute approximate surface area is 95.6 Å². The first kappa shape index (κ1) is 11.5. The standard InChI is InChI=1S/C11H19N3O2/c1-2-14-10(15)8-6-13(5-3-4-12)7-9(8)11(14)16/h8-9H,2-7,12H2,1H3/t8-,9+. The van der Waals surface area contributed by atoms with Gasteiger partial charge in [-0.2, -0.15) is 0 Å². The van der Waals surface area contributed by atoms with Crippen molar-refractivity contribution in [2.75, 3.05) is 32.7 Å². The summed E-state index contributed by atoms with van der Waals surface area (Å²) < 4.78 is 0. The molecule has 2 aliphatic rings. The molecule has 2 aliphatic heterocycles. The highest BCUT2D eigenvalue weighted by Gasteiger charge is 2.51. The molecule has 0 aromatic rings. The van der Waals surface area contributed by atoms with Gasteiger partial charge in [0, 0.05) is 19.6 Å². The van der Waals surface area contributed by atoms with E-state index >= 15 is 0 Å². The topological polar surface area (TPSA) is 66.6 Å². The number of hydrogen-bond acceptors (Lipinski definition) is 4. The predicted molar refractivity (Wildman–Crippen MR) is 59.5 cm³/mol. The predicted octanol–water partition coefficient (Wildman–Crippen LogP) is -0.728. The zero-order chi connectivity index (χ0) is 11.7. The Bertz CT molecular complexity index is 282. The number of fused-ring (bicyclic) bond motifs is 1. The second-order valence-corrected chi connectivity index (χ2v) is 4.54. The van der Waals surface area contributed by atoms with E-state index in [1.807, 2.05) is 6.92 Å². The number of likely N-dealkylation sites (tertiary alicyclic amines) is 2. The summed E-state index contributed by atoms with van der Waals surface area (Å²) in [7, 11) is 0. The Kier molecular flexibility index (Phi) is 3.25. The van der Waals surface area contributed by atoms with Crippen LogP contribution in [0.2, 0.25) is 0 Å². The lowest BCUT2D eigenvalue weighted by Gasteiger charge is -2.19. The van der Waals surface area contributed by atoms with Crippen molar-refractivity contribution in [1.82, 2.24) is 9.80 Å². The molecule has 0 radical (unpaired) electrons. The summed E-state index contributed by atoms with van der Waals surface area (Å²) in [6, 6.07) is 0. The number of nitrogens with zero attached hydrogens (tertiary/aromatic N) is 2. The van der Waals surface area contributed by atoms with Crippen molar-refractivity contribution in [2.45, 2.75) is 13.3 Å². The summed E-state index contributed by atoms with van der Waals surface area (Å²) in [5.74, 6) is -0.143. The lowest BCUT2D eigenvalue weighted by atomic mass is 10.00. The second kappa shape index (κ2) is 4.51. The molecule has 2 heterocycles. The summed E-state index contributed by atoms with van der Waals surface area (Å²) in [6.07, 6.45) is 0.930. The molecule has 16 heavy (non-hydrogen) atoms. The minimum atomic E-state index is -0.0924. The van der Waals surface area contributed by atoms with E-state index in [0.29, 0.717) is 13.1 Å². The van der Waals surface area contributed by atoms with Crippen LogP contribution < -0.4 is 5.73 Å². The summed E-state index contributed by atoms with van der Waals surface area (Å²) in [5.41, 5.74) is 5.45. The van der Waals surface area contributed by atoms with Crippen LogP contribution in [-0.2, 0) is 9.59 Å². The molecular weight excluding hydrogens is 206 g/mol. The fraction of sp³-hybridized carbons (Fsp3) is 0.818. The molecule has 2 amide bonds. The first-order chi connectivity index (χ1) is 7.69. The van der Waals surface area contributed by atoms with E-state index in [2.05, 4.69) is 4.90 Å². The van der Waals surface area contributed by atoms with Crippen LogP contribution in [-0.4, -0.2) is 54.3 Å². The highest BCUT2D eigenvalue weighted by molar-refractivity contribution is 6.05. The fourth-order valence-electron chi connectivity index (χ4n) is 2.70. The number of carbonyl (C=O) groups excluding carboxylic acids is 2. The van der Waals surface area contributed by atoms with Crippen LogP contribution in [0.25, 0.3) is 0 Å². The normalized spacial score (nSPS) is 30.2. The lowest BCUT2D eigenvalue weighted by molar-refractivity contribution is -0.140. The number of carbonyl (C=O) groups is 2. The summed E-state index contributed by atoms with van der Waals surface area (Å²) >= 11 is 0. The van der Waals surface area contributed by atoms with Gasteiger partial charge in [0.1, 0.15) is 0 Å². The van der Waals surface area contributed by atoms with Crippen molar-refractivity contribution < 1.29 is 9.59 Å². The molecular formula is C11H19N3O2. The van der Waals surface area contributed by atoms with Crippen LogP contribution in [0.4, 0.5) is 0 Å². The van der Waals surface area contributed by atoms with Crippen LogP contribution in [0, 0.1) is 11.8 Å². The van der Waals surface area contributed by atoms with Gasteiger partial charge >= 0.3 is 0 Å². The van der Waals surface area contributed by atoms with Gasteiger partial charge in [-0.05, 0) is 26.4 Å². The van der Waals surface area contributed by atoms with Crippen molar-refractivity contribution in [3.8, 4) is 0 Å².